The fourth-order valence-electron chi connectivity index (χ4n) is 3.37. The van der Waals surface area contributed by atoms with Gasteiger partial charge < -0.3 is 19.2 Å². The molecule has 1 heterocycles. The Morgan fingerprint density at radius 3 is 2.51 bits per heavy atom. The van der Waals surface area contributed by atoms with Gasteiger partial charge in [-0.2, -0.15) is 0 Å². The highest BCUT2D eigenvalue weighted by Gasteiger charge is 2.15. The third kappa shape index (κ3) is 5.96. The molecule has 0 fully saturated rings. The number of hydrogen-bond acceptors (Lipinski definition) is 6. The number of fused-ring (bicyclic) bond motifs is 1. The smallest absolute Gasteiger partial charge is 0.349 e. The SMILES string of the molecule is CCCNC(=O)c1cc2ccc(OC(=O)COc3ccc(-c4ccccc4)cc3Br)cc2oc1=O. The maximum absolute atomic E-state index is 12.3. The minimum atomic E-state index is -0.762. The van der Waals surface area contributed by atoms with Gasteiger partial charge in [0.2, 0.25) is 0 Å². The van der Waals surface area contributed by atoms with E-state index in [0.717, 1.165) is 17.5 Å². The first-order chi connectivity index (χ1) is 16.9. The second-order valence-electron chi connectivity index (χ2n) is 7.68. The van der Waals surface area contributed by atoms with E-state index in [4.69, 9.17) is 13.9 Å². The standard InChI is InChI=1S/C27H22BrNO6/c1-2-12-29-26(31)21-13-19-8-10-20(15-24(19)35-27(21)32)34-25(30)16-33-23-11-9-18(14-22(23)28)17-6-4-3-5-7-17/h3-11,13-15H,2,12,16H2,1H3,(H,29,31). The van der Waals surface area contributed by atoms with Crippen molar-refractivity contribution in [3.63, 3.8) is 0 Å². The van der Waals surface area contributed by atoms with Gasteiger partial charge in [0.05, 0.1) is 4.47 Å². The van der Waals surface area contributed by atoms with Gasteiger partial charge in [-0.3, -0.25) is 4.79 Å². The summed E-state index contributed by atoms with van der Waals surface area (Å²) in [7, 11) is 0. The van der Waals surface area contributed by atoms with E-state index in [1.165, 1.54) is 12.1 Å². The first kappa shape index (κ1) is 24.2. The fraction of sp³-hybridized carbons (Fsp3) is 0.148. The van der Waals surface area contributed by atoms with Gasteiger partial charge in [-0.05, 0) is 63.8 Å². The van der Waals surface area contributed by atoms with Gasteiger partial charge in [-0.15, -0.1) is 0 Å². The summed E-state index contributed by atoms with van der Waals surface area (Å²) in [5, 5.41) is 3.18. The van der Waals surface area contributed by atoms with E-state index in [-0.39, 0.29) is 23.5 Å². The minimum Gasteiger partial charge on any atom is -0.481 e. The Morgan fingerprint density at radius 2 is 1.77 bits per heavy atom. The number of hydrogen-bond donors (Lipinski definition) is 1. The number of ether oxygens (including phenoxy) is 2. The minimum absolute atomic E-state index is 0.0760. The van der Waals surface area contributed by atoms with E-state index >= 15 is 0 Å². The largest absolute Gasteiger partial charge is 0.481 e. The molecule has 0 aliphatic heterocycles. The van der Waals surface area contributed by atoms with Crippen LogP contribution in [0.25, 0.3) is 22.1 Å². The Labute approximate surface area is 209 Å². The lowest BCUT2D eigenvalue weighted by molar-refractivity contribution is -0.136. The van der Waals surface area contributed by atoms with Gasteiger partial charge in [-0.1, -0.05) is 43.3 Å². The van der Waals surface area contributed by atoms with Crippen molar-refractivity contribution in [3.8, 4) is 22.6 Å². The first-order valence-corrected chi connectivity index (χ1v) is 11.8. The van der Waals surface area contributed by atoms with Gasteiger partial charge in [0.25, 0.3) is 5.91 Å². The van der Waals surface area contributed by atoms with Crippen LogP contribution in [0.3, 0.4) is 0 Å². The molecule has 3 aromatic carbocycles. The molecule has 4 aromatic rings. The zero-order chi connectivity index (χ0) is 24.8. The van der Waals surface area contributed by atoms with Crippen LogP contribution >= 0.6 is 15.9 Å². The van der Waals surface area contributed by atoms with Gasteiger partial charge >= 0.3 is 11.6 Å². The number of halogens is 1. The van der Waals surface area contributed by atoms with E-state index in [2.05, 4.69) is 21.2 Å². The topological polar surface area (TPSA) is 94.8 Å². The van der Waals surface area contributed by atoms with Crippen molar-refractivity contribution in [2.45, 2.75) is 13.3 Å². The van der Waals surface area contributed by atoms with Crippen LogP contribution in [0.15, 0.2) is 86.5 Å². The molecule has 35 heavy (non-hydrogen) atoms. The van der Waals surface area contributed by atoms with Gasteiger partial charge in [-0.25, -0.2) is 9.59 Å². The monoisotopic (exact) mass is 535 g/mol. The summed E-state index contributed by atoms with van der Waals surface area (Å²) in [5.74, 6) is -0.421. The van der Waals surface area contributed by atoms with E-state index in [0.29, 0.717) is 22.2 Å². The molecular weight excluding hydrogens is 514 g/mol. The third-order valence-corrected chi connectivity index (χ3v) is 5.72. The van der Waals surface area contributed by atoms with Crippen LogP contribution in [0.2, 0.25) is 0 Å². The summed E-state index contributed by atoms with van der Waals surface area (Å²) in [6, 6.07) is 21.5. The Morgan fingerprint density at radius 1 is 0.971 bits per heavy atom. The Bertz CT molecular complexity index is 1430. The van der Waals surface area contributed by atoms with Crippen molar-refractivity contribution >= 4 is 38.8 Å². The van der Waals surface area contributed by atoms with E-state index in [1.807, 2.05) is 49.4 Å². The van der Waals surface area contributed by atoms with Crippen LogP contribution < -0.4 is 20.4 Å². The van der Waals surface area contributed by atoms with Crippen molar-refractivity contribution in [1.29, 1.82) is 0 Å². The predicted molar refractivity (Wildman–Crippen MR) is 136 cm³/mol. The highest BCUT2D eigenvalue weighted by molar-refractivity contribution is 9.10. The molecule has 1 amide bonds. The zero-order valence-electron chi connectivity index (χ0n) is 18.9. The molecule has 1 N–H and O–H groups in total. The van der Waals surface area contributed by atoms with Gasteiger partial charge in [0.15, 0.2) is 6.61 Å². The Kier molecular flexibility index (Phi) is 7.62. The average Bonchev–Trinajstić information content (AvgIpc) is 2.86. The summed E-state index contributed by atoms with van der Waals surface area (Å²) in [6.07, 6.45) is 0.749. The molecule has 8 heteroatoms. The predicted octanol–water partition coefficient (Wildman–Crippen LogP) is 5.35. The number of esters is 1. The second kappa shape index (κ2) is 11.0. The number of rotatable bonds is 8. The molecule has 0 saturated heterocycles. The number of benzene rings is 3. The zero-order valence-corrected chi connectivity index (χ0v) is 20.5. The average molecular weight is 536 g/mol. The maximum Gasteiger partial charge on any atom is 0.349 e. The number of amides is 1. The van der Waals surface area contributed by atoms with Crippen LogP contribution in [0.4, 0.5) is 0 Å². The molecule has 0 saturated carbocycles. The molecule has 0 radical (unpaired) electrons. The van der Waals surface area contributed by atoms with Crippen LogP contribution in [0, 0.1) is 0 Å². The quantitative estimate of drug-likeness (QED) is 0.186. The highest BCUT2D eigenvalue weighted by atomic mass is 79.9. The Balaban J connectivity index is 1.40. The molecule has 7 nitrogen and oxygen atoms in total. The van der Waals surface area contributed by atoms with Crippen LogP contribution in [-0.2, 0) is 4.79 Å². The number of carbonyl (C=O) groups excluding carboxylic acids is 2. The molecule has 178 valence electrons. The summed E-state index contributed by atoms with van der Waals surface area (Å²) in [4.78, 5) is 36.7. The lowest BCUT2D eigenvalue weighted by Crippen LogP contribution is -2.28. The van der Waals surface area contributed by atoms with E-state index in [1.54, 1.807) is 18.2 Å². The summed E-state index contributed by atoms with van der Waals surface area (Å²) in [5.41, 5.74) is 1.44. The van der Waals surface area contributed by atoms with Gasteiger partial charge in [0.1, 0.15) is 22.6 Å². The second-order valence-corrected chi connectivity index (χ2v) is 8.53. The molecule has 0 bridgehead atoms. The fourth-order valence-corrected chi connectivity index (χ4v) is 3.87. The molecule has 4 rings (SSSR count). The molecule has 1 aromatic heterocycles. The molecular formula is C27H22BrNO6. The summed E-state index contributed by atoms with van der Waals surface area (Å²) in [6.45, 7) is 2.06. The third-order valence-electron chi connectivity index (χ3n) is 5.10. The van der Waals surface area contributed by atoms with Crippen molar-refractivity contribution in [3.05, 3.63) is 93.3 Å². The van der Waals surface area contributed by atoms with Crippen molar-refractivity contribution in [2.75, 3.05) is 13.2 Å². The van der Waals surface area contributed by atoms with E-state index < -0.39 is 17.5 Å². The molecule has 0 atom stereocenters. The summed E-state index contributed by atoms with van der Waals surface area (Å²) >= 11 is 3.48. The lowest BCUT2D eigenvalue weighted by atomic mass is 10.1. The first-order valence-electron chi connectivity index (χ1n) is 11.0. The van der Waals surface area contributed by atoms with Crippen LogP contribution in [0.5, 0.6) is 11.5 Å². The van der Waals surface area contributed by atoms with Gasteiger partial charge in [0, 0.05) is 18.0 Å². The van der Waals surface area contributed by atoms with Crippen molar-refractivity contribution in [2.24, 2.45) is 0 Å². The van der Waals surface area contributed by atoms with E-state index in [9.17, 15) is 14.4 Å². The van der Waals surface area contributed by atoms with Crippen LogP contribution in [-0.4, -0.2) is 25.0 Å². The summed E-state index contributed by atoms with van der Waals surface area (Å²) < 4.78 is 16.9. The number of carbonyl (C=O) groups is 2. The van der Waals surface area contributed by atoms with Crippen molar-refractivity contribution in [1.82, 2.24) is 5.32 Å². The van der Waals surface area contributed by atoms with Crippen molar-refractivity contribution < 1.29 is 23.5 Å². The molecule has 0 aliphatic rings. The molecule has 0 spiro atoms. The normalized spacial score (nSPS) is 10.7. The molecule has 0 aliphatic carbocycles. The Hall–Kier alpha value is -3.91. The maximum atomic E-state index is 12.3. The number of nitrogens with one attached hydrogen (secondary N) is 1. The molecule has 0 unspecified atom stereocenters. The lowest BCUT2D eigenvalue weighted by Gasteiger charge is -2.10. The highest BCUT2D eigenvalue weighted by Crippen LogP contribution is 2.30. The van der Waals surface area contributed by atoms with Crippen LogP contribution in [0.1, 0.15) is 23.7 Å².